The highest BCUT2D eigenvalue weighted by Crippen LogP contribution is 1.97. The van der Waals surface area contributed by atoms with Gasteiger partial charge in [0.2, 0.25) is 0 Å². The van der Waals surface area contributed by atoms with Crippen molar-refractivity contribution in [3.05, 3.63) is 42.5 Å². The highest BCUT2D eigenvalue weighted by atomic mass is 16.2. The van der Waals surface area contributed by atoms with Crippen LogP contribution in [0, 0.1) is 0 Å². The summed E-state index contributed by atoms with van der Waals surface area (Å²) in [5.74, 6) is 0. The molecule has 0 fully saturated rings. The van der Waals surface area contributed by atoms with Crippen LogP contribution >= 0.6 is 0 Å². The summed E-state index contributed by atoms with van der Waals surface area (Å²) in [6, 6.07) is 9.20. The quantitative estimate of drug-likeness (QED) is 0.703. The zero-order chi connectivity index (χ0) is 11.4. The predicted octanol–water partition coefficient (Wildman–Crippen LogP) is 1.17. The fourth-order valence-electron chi connectivity index (χ4n) is 0.589. The van der Waals surface area contributed by atoms with Gasteiger partial charge < -0.3 is 16.3 Å². The van der Waals surface area contributed by atoms with Gasteiger partial charge in [0.25, 0.3) is 0 Å². The zero-order valence-electron chi connectivity index (χ0n) is 7.85. The molecule has 0 aromatic heterocycles. The van der Waals surface area contributed by atoms with Crippen molar-refractivity contribution in [2.75, 3.05) is 0 Å². The Bertz CT molecular complexity index is 256. The minimum Gasteiger partial charge on any atom is -0.352 e. The molecular weight excluding hydrogens is 180 g/mol. The van der Waals surface area contributed by atoms with Crippen molar-refractivity contribution in [2.45, 2.75) is 0 Å². The molecule has 0 radical (unpaired) electrons. The number of rotatable bonds is 1. The van der Waals surface area contributed by atoms with Crippen LogP contribution in [0.4, 0.5) is 4.79 Å². The highest BCUT2D eigenvalue weighted by Gasteiger charge is 1.75. The van der Waals surface area contributed by atoms with Gasteiger partial charge in [-0.3, -0.25) is 0 Å². The second kappa shape index (κ2) is 10.9. The van der Waals surface area contributed by atoms with Gasteiger partial charge in [0.1, 0.15) is 6.79 Å². The summed E-state index contributed by atoms with van der Waals surface area (Å²) >= 11 is 0. The molecule has 0 aliphatic carbocycles. The summed E-state index contributed by atoms with van der Waals surface area (Å²) < 4.78 is 0. The third-order valence-electron chi connectivity index (χ3n) is 1.04. The maximum absolute atomic E-state index is 9.00. The Morgan fingerprint density at radius 3 is 1.71 bits per heavy atom. The number of carbonyl (C=O) groups excluding carboxylic acids is 2. The Balaban J connectivity index is 0. The lowest BCUT2D eigenvalue weighted by molar-refractivity contribution is -0.0979. The monoisotopic (exact) mass is 194 g/mol. The van der Waals surface area contributed by atoms with Gasteiger partial charge in [-0.05, 0) is 5.56 Å². The number of nitrogens with two attached hydrogens (primary N) is 2. The third-order valence-corrected chi connectivity index (χ3v) is 1.04. The van der Waals surface area contributed by atoms with E-state index in [0.717, 1.165) is 0 Å². The van der Waals surface area contributed by atoms with Gasteiger partial charge in [0, 0.05) is 0 Å². The van der Waals surface area contributed by atoms with Crippen LogP contribution in [0.25, 0.3) is 6.08 Å². The summed E-state index contributed by atoms with van der Waals surface area (Å²) in [5, 5.41) is 0. The fourth-order valence-corrected chi connectivity index (χ4v) is 0.589. The van der Waals surface area contributed by atoms with Crippen LogP contribution in [0.1, 0.15) is 5.56 Å². The van der Waals surface area contributed by atoms with E-state index in [0.29, 0.717) is 0 Å². The van der Waals surface area contributed by atoms with Crippen molar-refractivity contribution < 1.29 is 9.59 Å². The van der Waals surface area contributed by atoms with Crippen LogP contribution in [-0.4, -0.2) is 12.8 Å². The van der Waals surface area contributed by atoms with Gasteiger partial charge >= 0.3 is 6.03 Å². The molecule has 0 spiro atoms. The maximum atomic E-state index is 9.00. The molecule has 0 aliphatic rings. The second-order valence-corrected chi connectivity index (χ2v) is 2.02. The van der Waals surface area contributed by atoms with E-state index >= 15 is 0 Å². The van der Waals surface area contributed by atoms with E-state index < -0.39 is 6.03 Å². The summed E-state index contributed by atoms with van der Waals surface area (Å²) in [7, 11) is 0. The van der Waals surface area contributed by atoms with E-state index in [4.69, 9.17) is 9.59 Å². The molecule has 4 nitrogen and oxygen atoms in total. The van der Waals surface area contributed by atoms with E-state index in [2.05, 4.69) is 18.0 Å². The van der Waals surface area contributed by atoms with Crippen molar-refractivity contribution in [3.8, 4) is 0 Å². The Morgan fingerprint density at radius 1 is 1.14 bits per heavy atom. The fraction of sp³-hybridized carbons (Fsp3) is 0. The number of hydrogen-bond donors (Lipinski definition) is 2. The molecule has 0 aliphatic heterocycles. The standard InChI is InChI=1S/C8H8.CH4N2O.CH2O/c1-2-8-6-4-3-5-7-8;2-1(3)4;1-2/h2-7H,1H2;(H4,2,3,4);1H2. The summed E-state index contributed by atoms with van der Waals surface area (Å²) in [6.07, 6.45) is 1.83. The van der Waals surface area contributed by atoms with Gasteiger partial charge in [0.15, 0.2) is 0 Å². The zero-order valence-corrected chi connectivity index (χ0v) is 7.85. The smallest absolute Gasteiger partial charge is 0.309 e. The number of amides is 2. The highest BCUT2D eigenvalue weighted by molar-refractivity contribution is 5.69. The Labute approximate surface area is 83.2 Å². The molecule has 1 rings (SSSR count). The normalized spacial score (nSPS) is 6.86. The summed E-state index contributed by atoms with van der Waals surface area (Å²) in [5.41, 5.74) is 9.67. The van der Waals surface area contributed by atoms with Crippen molar-refractivity contribution >= 4 is 18.9 Å². The summed E-state index contributed by atoms with van der Waals surface area (Å²) in [4.78, 5) is 17.0. The lowest BCUT2D eigenvalue weighted by Gasteiger charge is -1.85. The average molecular weight is 194 g/mol. The largest absolute Gasteiger partial charge is 0.352 e. The van der Waals surface area contributed by atoms with Crippen LogP contribution in [0.5, 0.6) is 0 Å². The van der Waals surface area contributed by atoms with Crippen LogP contribution in [0.2, 0.25) is 0 Å². The molecule has 4 N–H and O–H groups in total. The third kappa shape index (κ3) is 12.6. The van der Waals surface area contributed by atoms with E-state index in [-0.39, 0.29) is 0 Å². The molecule has 0 unspecified atom stereocenters. The Morgan fingerprint density at radius 2 is 1.50 bits per heavy atom. The molecule has 1 aromatic carbocycles. The van der Waals surface area contributed by atoms with Crippen LogP contribution < -0.4 is 11.5 Å². The number of primary amides is 2. The number of carbonyl (C=O) groups is 2. The van der Waals surface area contributed by atoms with Crippen LogP contribution in [-0.2, 0) is 4.79 Å². The first kappa shape index (κ1) is 14.4. The minimum absolute atomic E-state index is 0.833. The second-order valence-electron chi connectivity index (χ2n) is 2.02. The van der Waals surface area contributed by atoms with E-state index in [9.17, 15) is 0 Å². The first-order chi connectivity index (χ1) is 6.66. The molecule has 0 heterocycles. The minimum atomic E-state index is -0.833. The first-order valence-corrected chi connectivity index (χ1v) is 3.68. The summed E-state index contributed by atoms with van der Waals surface area (Å²) in [6.45, 7) is 5.63. The maximum Gasteiger partial charge on any atom is 0.309 e. The van der Waals surface area contributed by atoms with Gasteiger partial charge in [-0.2, -0.15) is 0 Å². The molecule has 0 bridgehead atoms. The van der Waals surface area contributed by atoms with Crippen molar-refractivity contribution in [1.82, 2.24) is 0 Å². The van der Waals surface area contributed by atoms with E-state index in [1.54, 1.807) is 0 Å². The molecule has 2 amide bonds. The predicted molar refractivity (Wildman–Crippen MR) is 57.4 cm³/mol. The lowest BCUT2D eigenvalue weighted by Crippen LogP contribution is -2.18. The Hall–Kier alpha value is -2.10. The molecular formula is C10H14N2O2. The van der Waals surface area contributed by atoms with Gasteiger partial charge in [0.05, 0.1) is 0 Å². The first-order valence-electron chi connectivity index (χ1n) is 3.68. The SMILES string of the molecule is C=Cc1ccccc1.C=O.NC(N)=O. The molecule has 76 valence electrons. The number of hydrogen-bond acceptors (Lipinski definition) is 2. The van der Waals surface area contributed by atoms with E-state index in [1.165, 1.54) is 5.56 Å². The van der Waals surface area contributed by atoms with Gasteiger partial charge in [-0.1, -0.05) is 43.0 Å². The van der Waals surface area contributed by atoms with E-state index in [1.807, 2.05) is 43.2 Å². The topological polar surface area (TPSA) is 86.2 Å². The van der Waals surface area contributed by atoms with Crippen LogP contribution in [0.15, 0.2) is 36.9 Å². The van der Waals surface area contributed by atoms with Gasteiger partial charge in [-0.25, -0.2) is 4.79 Å². The average Bonchev–Trinajstić information content (AvgIpc) is 2.21. The number of urea groups is 1. The number of benzene rings is 1. The van der Waals surface area contributed by atoms with Gasteiger partial charge in [-0.15, -0.1) is 0 Å². The molecule has 1 aromatic rings. The molecule has 14 heavy (non-hydrogen) atoms. The molecule has 0 saturated heterocycles. The molecule has 0 atom stereocenters. The van der Waals surface area contributed by atoms with Crippen LogP contribution in [0.3, 0.4) is 0 Å². The molecule has 4 heteroatoms. The Kier molecular flexibility index (Phi) is 11.2. The van der Waals surface area contributed by atoms with Crippen molar-refractivity contribution in [1.29, 1.82) is 0 Å². The van der Waals surface area contributed by atoms with Crippen molar-refractivity contribution in [2.24, 2.45) is 11.5 Å². The molecule has 0 saturated carbocycles. The van der Waals surface area contributed by atoms with Crippen molar-refractivity contribution in [3.63, 3.8) is 0 Å². The lowest BCUT2D eigenvalue weighted by atomic mass is 10.2.